The average Bonchev–Trinajstić information content (AvgIpc) is 2.55. The summed E-state index contributed by atoms with van der Waals surface area (Å²) in [6.07, 6.45) is 3.03. The molecule has 0 saturated carbocycles. The molecule has 1 aliphatic rings. The van der Waals surface area contributed by atoms with Gasteiger partial charge < -0.3 is 14.9 Å². The zero-order chi connectivity index (χ0) is 19.3. The van der Waals surface area contributed by atoms with Gasteiger partial charge in [0.1, 0.15) is 6.10 Å². The molecule has 2 N–H and O–H groups in total. The number of cyclic esters (lactones) is 1. The van der Waals surface area contributed by atoms with Crippen LogP contribution in [-0.4, -0.2) is 34.5 Å². The highest BCUT2D eigenvalue weighted by Crippen LogP contribution is 2.29. The van der Waals surface area contributed by atoms with E-state index in [1.807, 2.05) is 33.8 Å². The molecule has 0 bridgehead atoms. The lowest BCUT2D eigenvalue weighted by molar-refractivity contribution is -0.160. The van der Waals surface area contributed by atoms with E-state index >= 15 is 0 Å². The zero-order valence-corrected chi connectivity index (χ0v) is 17.0. The van der Waals surface area contributed by atoms with E-state index in [4.69, 9.17) is 4.74 Å². The minimum atomic E-state index is -0.705. The Labute approximate surface area is 153 Å². The van der Waals surface area contributed by atoms with E-state index in [0.717, 1.165) is 18.4 Å². The molecule has 0 fully saturated rings. The summed E-state index contributed by atoms with van der Waals surface area (Å²) in [5, 5.41) is 21.2. The van der Waals surface area contributed by atoms with E-state index in [9.17, 15) is 15.0 Å². The fourth-order valence-electron chi connectivity index (χ4n) is 4.15. The van der Waals surface area contributed by atoms with Crippen LogP contribution in [0.25, 0.3) is 0 Å². The number of hydrogen-bond acceptors (Lipinski definition) is 4. The van der Waals surface area contributed by atoms with Crippen molar-refractivity contribution in [1.29, 1.82) is 0 Å². The Morgan fingerprint density at radius 2 is 1.64 bits per heavy atom. The Balaban J connectivity index is 3.13. The molecule has 0 aromatic heterocycles. The Bertz CT molecular complexity index is 459. The fraction of sp³-hybridized carbons (Fsp3) is 0.857. The molecule has 0 amide bonds. The Kier molecular flexibility index (Phi) is 8.62. The summed E-state index contributed by atoms with van der Waals surface area (Å²) in [5.74, 6) is -0.293. The van der Waals surface area contributed by atoms with Gasteiger partial charge in [-0.1, -0.05) is 40.7 Å². The number of carbonyl (C=O) groups is 1. The van der Waals surface area contributed by atoms with Crippen molar-refractivity contribution in [2.24, 2.45) is 29.6 Å². The molecule has 1 rings (SSSR count). The van der Waals surface area contributed by atoms with Crippen LogP contribution in [0.5, 0.6) is 0 Å². The van der Waals surface area contributed by atoms with Gasteiger partial charge in [0.25, 0.3) is 0 Å². The van der Waals surface area contributed by atoms with Crippen molar-refractivity contribution in [2.45, 2.75) is 86.0 Å². The summed E-state index contributed by atoms with van der Waals surface area (Å²) in [4.78, 5) is 12.5. The summed E-state index contributed by atoms with van der Waals surface area (Å²) in [5.41, 5.74) is 0.944. The third-order valence-electron chi connectivity index (χ3n) is 5.80. The third-order valence-corrected chi connectivity index (χ3v) is 5.80. The normalized spacial score (nSPS) is 44.4. The van der Waals surface area contributed by atoms with Gasteiger partial charge in [0.2, 0.25) is 0 Å². The van der Waals surface area contributed by atoms with E-state index in [1.54, 1.807) is 6.92 Å². The first-order valence-electron chi connectivity index (χ1n) is 9.83. The topological polar surface area (TPSA) is 66.8 Å². The van der Waals surface area contributed by atoms with Crippen molar-refractivity contribution >= 4 is 5.97 Å². The molecule has 0 spiro atoms. The standard InChI is InChI=1S/C21H38O4/c1-8-18-13(3)11-16(6)19(22)14(4)9-12(2)10-15(5)20(23)17(7)21(24)25-18/h11-15,17-20,22-23H,8-10H2,1-7H3/b16-11+/t12?,13?,14-,15-,17-,18?,19?,20+/m1/s1. The van der Waals surface area contributed by atoms with Gasteiger partial charge >= 0.3 is 5.97 Å². The lowest BCUT2D eigenvalue weighted by atomic mass is 9.81. The van der Waals surface area contributed by atoms with Crippen molar-refractivity contribution in [2.75, 3.05) is 0 Å². The second-order valence-electron chi connectivity index (χ2n) is 8.41. The van der Waals surface area contributed by atoms with Crippen LogP contribution in [0, 0.1) is 29.6 Å². The van der Waals surface area contributed by atoms with Crippen molar-refractivity contribution in [3.05, 3.63) is 11.6 Å². The number of aliphatic hydroxyl groups excluding tert-OH is 2. The van der Waals surface area contributed by atoms with Crippen LogP contribution in [0.1, 0.15) is 67.7 Å². The first kappa shape index (κ1) is 22.2. The molecular weight excluding hydrogens is 316 g/mol. The monoisotopic (exact) mass is 354 g/mol. The number of ether oxygens (including phenoxy) is 1. The lowest BCUT2D eigenvalue weighted by Gasteiger charge is -2.31. The molecule has 0 saturated heterocycles. The maximum absolute atomic E-state index is 12.5. The quantitative estimate of drug-likeness (QED) is 0.553. The van der Waals surface area contributed by atoms with Crippen molar-refractivity contribution in [1.82, 2.24) is 0 Å². The zero-order valence-electron chi connectivity index (χ0n) is 17.0. The number of carbonyl (C=O) groups excluding carboxylic acids is 1. The van der Waals surface area contributed by atoms with Crippen LogP contribution >= 0.6 is 0 Å². The van der Waals surface area contributed by atoms with Gasteiger partial charge in [0.15, 0.2) is 0 Å². The molecule has 8 atom stereocenters. The molecule has 146 valence electrons. The number of rotatable bonds is 1. The van der Waals surface area contributed by atoms with Crippen LogP contribution < -0.4 is 0 Å². The van der Waals surface area contributed by atoms with Crippen molar-refractivity contribution in [3.8, 4) is 0 Å². The second-order valence-corrected chi connectivity index (χ2v) is 8.41. The minimum Gasteiger partial charge on any atom is -0.461 e. The van der Waals surface area contributed by atoms with E-state index in [0.29, 0.717) is 12.3 Å². The van der Waals surface area contributed by atoms with Gasteiger partial charge in [-0.3, -0.25) is 4.79 Å². The SMILES string of the molecule is CCC1OC(=O)[C@H](C)[C@@H](O)[C@H](C)CC(C)C[C@@H](C)C(O)/C(C)=C/C1C. The van der Waals surface area contributed by atoms with Crippen LogP contribution in [0.4, 0.5) is 0 Å². The summed E-state index contributed by atoms with van der Waals surface area (Å²) in [6.45, 7) is 13.9. The molecule has 0 aromatic carbocycles. The van der Waals surface area contributed by atoms with Crippen LogP contribution in [0.2, 0.25) is 0 Å². The molecular formula is C21H38O4. The van der Waals surface area contributed by atoms with E-state index in [-0.39, 0.29) is 29.8 Å². The number of hydrogen-bond donors (Lipinski definition) is 2. The smallest absolute Gasteiger partial charge is 0.311 e. The first-order chi connectivity index (χ1) is 11.6. The maximum atomic E-state index is 12.5. The summed E-state index contributed by atoms with van der Waals surface area (Å²) < 4.78 is 5.70. The molecule has 0 radical (unpaired) electrons. The Morgan fingerprint density at radius 3 is 2.20 bits per heavy atom. The highest BCUT2D eigenvalue weighted by Gasteiger charge is 2.32. The van der Waals surface area contributed by atoms with Gasteiger partial charge in [-0.2, -0.15) is 0 Å². The Hall–Kier alpha value is -0.870. The maximum Gasteiger partial charge on any atom is 0.311 e. The van der Waals surface area contributed by atoms with E-state index in [1.165, 1.54) is 0 Å². The second kappa shape index (κ2) is 9.72. The summed E-state index contributed by atoms with van der Waals surface area (Å²) >= 11 is 0. The van der Waals surface area contributed by atoms with Gasteiger partial charge in [-0.05, 0) is 56.4 Å². The molecule has 1 aliphatic heterocycles. The van der Waals surface area contributed by atoms with E-state index in [2.05, 4.69) is 13.8 Å². The molecule has 4 unspecified atom stereocenters. The van der Waals surface area contributed by atoms with Crippen LogP contribution in [-0.2, 0) is 9.53 Å². The lowest BCUT2D eigenvalue weighted by Crippen LogP contribution is -2.36. The predicted molar refractivity (Wildman–Crippen MR) is 101 cm³/mol. The summed E-state index contributed by atoms with van der Waals surface area (Å²) in [6, 6.07) is 0. The number of aliphatic hydroxyl groups is 2. The van der Waals surface area contributed by atoms with Gasteiger partial charge in [-0.15, -0.1) is 0 Å². The van der Waals surface area contributed by atoms with Gasteiger partial charge in [0.05, 0.1) is 18.1 Å². The minimum absolute atomic E-state index is 0.0129. The Morgan fingerprint density at radius 1 is 1.08 bits per heavy atom. The molecule has 4 heteroatoms. The predicted octanol–water partition coefficient (Wildman–Crippen LogP) is 3.95. The first-order valence-corrected chi connectivity index (χ1v) is 9.83. The molecule has 0 aliphatic carbocycles. The molecule has 4 nitrogen and oxygen atoms in total. The number of esters is 1. The summed E-state index contributed by atoms with van der Waals surface area (Å²) in [7, 11) is 0. The molecule has 25 heavy (non-hydrogen) atoms. The van der Waals surface area contributed by atoms with Gasteiger partial charge in [-0.25, -0.2) is 0 Å². The molecule has 0 aromatic rings. The van der Waals surface area contributed by atoms with Crippen molar-refractivity contribution < 1.29 is 19.7 Å². The molecule has 1 heterocycles. The average molecular weight is 355 g/mol. The van der Waals surface area contributed by atoms with Gasteiger partial charge in [0, 0.05) is 5.92 Å². The highest BCUT2D eigenvalue weighted by atomic mass is 16.5. The van der Waals surface area contributed by atoms with E-state index < -0.39 is 18.1 Å². The van der Waals surface area contributed by atoms with Crippen molar-refractivity contribution in [3.63, 3.8) is 0 Å². The fourth-order valence-corrected chi connectivity index (χ4v) is 4.15. The van der Waals surface area contributed by atoms with Crippen LogP contribution in [0.15, 0.2) is 11.6 Å². The highest BCUT2D eigenvalue weighted by molar-refractivity contribution is 5.73. The largest absolute Gasteiger partial charge is 0.461 e. The van der Waals surface area contributed by atoms with Crippen LogP contribution in [0.3, 0.4) is 0 Å². The third kappa shape index (κ3) is 6.10.